The van der Waals surface area contributed by atoms with Crippen molar-refractivity contribution in [2.75, 3.05) is 18.0 Å². The molecule has 0 atom stereocenters. The van der Waals surface area contributed by atoms with E-state index in [0.717, 1.165) is 0 Å². The molecule has 1 amide bonds. The number of nitrogens with one attached hydrogen (secondary N) is 1. The largest absolute Gasteiger partial charge is 0.351 e. The van der Waals surface area contributed by atoms with Gasteiger partial charge >= 0.3 is 0 Å². The smallest absolute Gasteiger partial charge is 0.241 e. The average molecular weight is 215 g/mol. The van der Waals surface area contributed by atoms with Crippen molar-refractivity contribution < 1.29 is 4.79 Å². The molecular formula is C12H13N3O. The first kappa shape index (κ1) is 11.8. The van der Waals surface area contributed by atoms with Crippen LogP contribution in [0.2, 0.25) is 0 Å². The molecule has 0 spiro atoms. The number of nitriles is 1. The van der Waals surface area contributed by atoms with E-state index in [1.165, 1.54) is 4.90 Å². The Bertz CT molecular complexity index is 394. The molecular weight excluding hydrogens is 202 g/mol. The van der Waals surface area contributed by atoms with E-state index in [-0.39, 0.29) is 12.5 Å². The van der Waals surface area contributed by atoms with E-state index in [0.29, 0.717) is 12.2 Å². The van der Waals surface area contributed by atoms with E-state index in [2.05, 4.69) is 11.9 Å². The van der Waals surface area contributed by atoms with Crippen LogP contribution in [-0.2, 0) is 4.79 Å². The maximum atomic E-state index is 11.4. The Hall–Kier alpha value is -2.28. The molecule has 1 rings (SSSR count). The summed E-state index contributed by atoms with van der Waals surface area (Å²) in [5, 5.41) is 11.5. The number of anilines is 1. The van der Waals surface area contributed by atoms with Gasteiger partial charge in [-0.15, -0.1) is 6.58 Å². The Kier molecular flexibility index (Phi) is 4.61. The van der Waals surface area contributed by atoms with E-state index in [9.17, 15) is 4.79 Å². The Balaban J connectivity index is 2.60. The zero-order valence-electron chi connectivity index (χ0n) is 8.89. The van der Waals surface area contributed by atoms with Gasteiger partial charge in [-0.2, -0.15) is 5.26 Å². The molecule has 0 heterocycles. The summed E-state index contributed by atoms with van der Waals surface area (Å²) in [5.74, 6) is -0.203. The van der Waals surface area contributed by atoms with Gasteiger partial charge < -0.3 is 5.32 Å². The van der Waals surface area contributed by atoms with Gasteiger partial charge in [0.05, 0.1) is 5.69 Å². The number of amides is 1. The van der Waals surface area contributed by atoms with Gasteiger partial charge in [-0.25, -0.2) is 0 Å². The quantitative estimate of drug-likeness (QED) is 0.457. The van der Waals surface area contributed by atoms with Gasteiger partial charge in [-0.3, -0.25) is 9.69 Å². The third-order valence-electron chi connectivity index (χ3n) is 1.93. The van der Waals surface area contributed by atoms with E-state index < -0.39 is 0 Å². The maximum absolute atomic E-state index is 11.4. The van der Waals surface area contributed by atoms with Gasteiger partial charge in [0.1, 0.15) is 6.54 Å². The number of hydrogen-bond donors (Lipinski definition) is 1. The van der Waals surface area contributed by atoms with Crippen LogP contribution in [0.5, 0.6) is 0 Å². The topological polar surface area (TPSA) is 56.1 Å². The Morgan fingerprint density at radius 2 is 2.19 bits per heavy atom. The lowest BCUT2D eigenvalue weighted by Crippen LogP contribution is -2.34. The second-order valence-corrected chi connectivity index (χ2v) is 3.11. The molecule has 0 saturated carbocycles. The number of carbonyl (C=O) groups is 1. The molecule has 0 unspecified atom stereocenters. The van der Waals surface area contributed by atoms with Crippen LogP contribution in [0, 0.1) is 11.5 Å². The summed E-state index contributed by atoms with van der Waals surface area (Å²) in [6.07, 6.45) is 3.57. The number of para-hydroxylation sites is 1. The Morgan fingerprint density at radius 3 is 2.75 bits per heavy atom. The van der Waals surface area contributed by atoms with Crippen LogP contribution < -0.4 is 10.2 Å². The molecule has 0 fully saturated rings. The monoisotopic (exact) mass is 215 g/mol. The van der Waals surface area contributed by atoms with Crippen molar-refractivity contribution in [2.45, 2.75) is 0 Å². The fourth-order valence-corrected chi connectivity index (χ4v) is 1.18. The molecule has 0 bridgehead atoms. The molecule has 82 valence electrons. The second-order valence-electron chi connectivity index (χ2n) is 3.11. The van der Waals surface area contributed by atoms with Crippen LogP contribution in [-0.4, -0.2) is 19.0 Å². The minimum Gasteiger partial charge on any atom is -0.351 e. The van der Waals surface area contributed by atoms with Crippen molar-refractivity contribution in [3.8, 4) is 6.19 Å². The van der Waals surface area contributed by atoms with Crippen LogP contribution >= 0.6 is 0 Å². The molecule has 4 nitrogen and oxygen atoms in total. The number of hydrogen-bond acceptors (Lipinski definition) is 3. The predicted molar refractivity (Wildman–Crippen MR) is 62.6 cm³/mol. The molecule has 1 aromatic carbocycles. The van der Waals surface area contributed by atoms with Gasteiger partial charge in [0.2, 0.25) is 5.91 Å². The number of benzene rings is 1. The Morgan fingerprint density at radius 1 is 1.50 bits per heavy atom. The highest BCUT2D eigenvalue weighted by molar-refractivity contribution is 5.82. The second kappa shape index (κ2) is 6.25. The molecule has 0 radical (unpaired) electrons. The van der Waals surface area contributed by atoms with Crippen LogP contribution in [0.1, 0.15) is 0 Å². The molecule has 1 N–H and O–H groups in total. The first-order valence-electron chi connectivity index (χ1n) is 4.88. The zero-order valence-corrected chi connectivity index (χ0v) is 8.89. The van der Waals surface area contributed by atoms with E-state index in [1.54, 1.807) is 18.2 Å². The van der Waals surface area contributed by atoms with E-state index in [4.69, 9.17) is 5.26 Å². The summed E-state index contributed by atoms with van der Waals surface area (Å²) < 4.78 is 0. The van der Waals surface area contributed by atoms with Crippen LogP contribution in [0.15, 0.2) is 43.0 Å². The predicted octanol–water partition coefficient (Wildman–Crippen LogP) is 1.28. The third-order valence-corrected chi connectivity index (χ3v) is 1.93. The molecule has 0 saturated heterocycles. The summed E-state index contributed by atoms with van der Waals surface area (Å²) in [4.78, 5) is 12.7. The molecule has 16 heavy (non-hydrogen) atoms. The molecule has 0 aromatic heterocycles. The fraction of sp³-hybridized carbons (Fsp3) is 0.167. The fourth-order valence-electron chi connectivity index (χ4n) is 1.18. The molecule has 0 aliphatic carbocycles. The minimum atomic E-state index is -0.203. The van der Waals surface area contributed by atoms with E-state index in [1.807, 2.05) is 24.4 Å². The summed E-state index contributed by atoms with van der Waals surface area (Å²) in [5.41, 5.74) is 0.707. The lowest BCUT2D eigenvalue weighted by atomic mass is 10.3. The first-order valence-corrected chi connectivity index (χ1v) is 4.88. The van der Waals surface area contributed by atoms with Crippen molar-refractivity contribution in [3.63, 3.8) is 0 Å². The summed E-state index contributed by atoms with van der Waals surface area (Å²) in [6, 6.07) is 9.06. The molecule has 0 aliphatic rings. The normalized spacial score (nSPS) is 8.94. The summed E-state index contributed by atoms with van der Waals surface area (Å²) in [6.45, 7) is 3.93. The highest BCUT2D eigenvalue weighted by Crippen LogP contribution is 2.11. The highest BCUT2D eigenvalue weighted by atomic mass is 16.2. The summed E-state index contributed by atoms with van der Waals surface area (Å²) >= 11 is 0. The SMILES string of the molecule is C=CCNC(=O)CN(C#N)c1ccccc1. The van der Waals surface area contributed by atoms with Crippen LogP contribution in [0.3, 0.4) is 0 Å². The third kappa shape index (κ3) is 3.46. The van der Waals surface area contributed by atoms with Crippen molar-refractivity contribution in [1.29, 1.82) is 5.26 Å². The van der Waals surface area contributed by atoms with Gasteiger partial charge in [-0.05, 0) is 12.1 Å². The number of carbonyl (C=O) groups excluding carboxylic acids is 1. The van der Waals surface area contributed by atoms with Gasteiger partial charge in [0.15, 0.2) is 6.19 Å². The maximum Gasteiger partial charge on any atom is 0.241 e. The van der Waals surface area contributed by atoms with Crippen LogP contribution in [0.25, 0.3) is 0 Å². The number of rotatable bonds is 5. The molecule has 4 heteroatoms. The molecule has 0 aliphatic heterocycles. The zero-order chi connectivity index (χ0) is 11.8. The van der Waals surface area contributed by atoms with Gasteiger partial charge in [-0.1, -0.05) is 24.3 Å². The van der Waals surface area contributed by atoms with Crippen molar-refractivity contribution in [3.05, 3.63) is 43.0 Å². The minimum absolute atomic E-state index is 0.0222. The lowest BCUT2D eigenvalue weighted by molar-refractivity contribution is -0.119. The highest BCUT2D eigenvalue weighted by Gasteiger charge is 2.09. The van der Waals surface area contributed by atoms with E-state index >= 15 is 0 Å². The van der Waals surface area contributed by atoms with Crippen molar-refractivity contribution in [2.24, 2.45) is 0 Å². The lowest BCUT2D eigenvalue weighted by Gasteiger charge is -2.14. The average Bonchev–Trinajstić information content (AvgIpc) is 2.34. The first-order chi connectivity index (χ1) is 7.77. The number of nitrogens with zero attached hydrogens (tertiary/aromatic N) is 2. The molecule has 1 aromatic rings. The standard InChI is InChI=1S/C12H13N3O/c1-2-8-14-12(16)9-15(10-13)11-6-4-3-5-7-11/h2-7H,1,8-9H2,(H,14,16). The van der Waals surface area contributed by atoms with Crippen molar-refractivity contribution in [1.82, 2.24) is 5.32 Å². The van der Waals surface area contributed by atoms with Gasteiger partial charge in [0, 0.05) is 6.54 Å². The van der Waals surface area contributed by atoms with Gasteiger partial charge in [0.25, 0.3) is 0 Å². The van der Waals surface area contributed by atoms with Crippen molar-refractivity contribution >= 4 is 11.6 Å². The summed E-state index contributed by atoms with van der Waals surface area (Å²) in [7, 11) is 0. The van der Waals surface area contributed by atoms with Crippen LogP contribution in [0.4, 0.5) is 5.69 Å². The Labute approximate surface area is 94.8 Å².